The van der Waals surface area contributed by atoms with E-state index >= 15 is 0 Å². The summed E-state index contributed by atoms with van der Waals surface area (Å²) in [5.74, 6) is -1.16. The Balaban J connectivity index is 2.23. The zero-order valence-corrected chi connectivity index (χ0v) is 18.5. The summed E-state index contributed by atoms with van der Waals surface area (Å²) in [5.41, 5.74) is 8.32. The minimum atomic E-state index is -1.68. The van der Waals surface area contributed by atoms with E-state index in [0.29, 0.717) is 0 Å². The van der Waals surface area contributed by atoms with Gasteiger partial charge < -0.3 is 50.0 Å². The molecule has 0 spiro atoms. The second-order valence-electron chi connectivity index (χ2n) is 7.73. The highest BCUT2D eigenvalue weighted by Crippen LogP contribution is 2.30. The number of methoxy groups -OCH3 is 1. The number of azide groups is 1. The Bertz CT molecular complexity index is 723. The summed E-state index contributed by atoms with van der Waals surface area (Å²) in [5, 5.41) is 49.6. The molecule has 0 aromatic rings. The highest BCUT2D eigenvalue weighted by atomic mass is 16.7. The van der Waals surface area contributed by atoms with E-state index < -0.39 is 79.6 Å². The molecule has 2 rings (SSSR count). The lowest BCUT2D eigenvalue weighted by atomic mass is 9.92. The van der Waals surface area contributed by atoms with Gasteiger partial charge in [0.25, 0.3) is 5.91 Å². The summed E-state index contributed by atoms with van der Waals surface area (Å²) in [6.07, 6.45) is -12.0. The normalized spacial score (nSPS) is 38.8. The number of rotatable bonds is 9. The van der Waals surface area contributed by atoms with Gasteiger partial charge in [0.05, 0.1) is 18.8 Å². The fourth-order valence-corrected chi connectivity index (χ4v) is 3.84. The van der Waals surface area contributed by atoms with E-state index in [9.17, 15) is 30.0 Å². The van der Waals surface area contributed by atoms with Crippen LogP contribution in [0.5, 0.6) is 0 Å². The van der Waals surface area contributed by atoms with E-state index in [0.717, 1.165) is 0 Å². The van der Waals surface area contributed by atoms with Gasteiger partial charge in [-0.05, 0) is 12.5 Å². The molecule has 2 fully saturated rings. The van der Waals surface area contributed by atoms with E-state index in [1.54, 1.807) is 6.92 Å². The van der Waals surface area contributed by atoms with Crippen LogP contribution >= 0.6 is 0 Å². The molecule has 0 aromatic heterocycles. The van der Waals surface area contributed by atoms with E-state index in [-0.39, 0.29) is 13.1 Å². The van der Waals surface area contributed by atoms with Gasteiger partial charge in [0, 0.05) is 32.0 Å². The molecule has 33 heavy (non-hydrogen) atoms. The number of nitrogens with one attached hydrogen (secondary N) is 2. The van der Waals surface area contributed by atoms with Crippen LogP contribution < -0.4 is 10.6 Å². The number of carbonyl (C=O) groups excluding carboxylic acids is 2. The molecule has 6 N–H and O–H groups in total. The number of aliphatic hydroxyl groups excluding tert-OH is 4. The van der Waals surface area contributed by atoms with Crippen LogP contribution in [0, 0.1) is 0 Å². The second-order valence-corrected chi connectivity index (χ2v) is 7.73. The Morgan fingerprint density at radius 2 is 1.85 bits per heavy atom. The van der Waals surface area contributed by atoms with Crippen molar-refractivity contribution in [2.24, 2.45) is 5.11 Å². The summed E-state index contributed by atoms with van der Waals surface area (Å²) in [6.45, 7) is 2.27. The third-order valence-corrected chi connectivity index (χ3v) is 5.46. The van der Waals surface area contributed by atoms with Gasteiger partial charge in [-0.1, -0.05) is 5.11 Å². The van der Waals surface area contributed by atoms with Gasteiger partial charge in [0.1, 0.15) is 36.6 Å². The molecule has 10 atom stereocenters. The van der Waals surface area contributed by atoms with Gasteiger partial charge in [-0.25, -0.2) is 0 Å². The van der Waals surface area contributed by atoms with Crippen LogP contribution in [0.4, 0.5) is 0 Å². The van der Waals surface area contributed by atoms with Crippen LogP contribution in [0.15, 0.2) is 5.11 Å². The molecule has 188 valence electrons. The first kappa shape index (κ1) is 27.2. The predicted octanol–water partition coefficient (Wildman–Crippen LogP) is -3.09. The molecule has 2 amide bonds. The van der Waals surface area contributed by atoms with Crippen molar-refractivity contribution in [3.05, 3.63) is 10.4 Å². The van der Waals surface area contributed by atoms with Crippen LogP contribution in [-0.2, 0) is 28.5 Å². The lowest BCUT2D eigenvalue weighted by Crippen LogP contribution is -2.68. The third-order valence-electron chi connectivity index (χ3n) is 5.46. The van der Waals surface area contributed by atoms with Crippen molar-refractivity contribution in [1.82, 2.24) is 10.6 Å². The molecule has 2 heterocycles. The standard InChI is InChI=1S/C18H31N5O10/c1-7-10(22-8(2)25)14(11(26)9(6-24)31-7)32-18-13(28)12(27)15(30-3)16(33-18)17(29)20-4-5-21-23-19/h7,9-16,18,24,26-28H,4-6H2,1-3H3,(H,20,29)(H,22,25)/t7-,9?,10+,11+,12?,13-,14?,15-,16?,18+/m0/s1. The van der Waals surface area contributed by atoms with Gasteiger partial charge in [-0.2, -0.15) is 0 Å². The molecule has 0 radical (unpaired) electrons. The molecular weight excluding hydrogens is 446 g/mol. The molecule has 2 aliphatic heterocycles. The van der Waals surface area contributed by atoms with E-state index in [2.05, 4.69) is 20.7 Å². The lowest BCUT2D eigenvalue weighted by Gasteiger charge is -2.47. The number of carbonyl (C=O) groups is 2. The smallest absolute Gasteiger partial charge is 0.252 e. The van der Waals surface area contributed by atoms with Crippen molar-refractivity contribution in [1.29, 1.82) is 0 Å². The molecule has 2 saturated heterocycles. The predicted molar refractivity (Wildman–Crippen MR) is 108 cm³/mol. The number of hydrogen-bond donors (Lipinski definition) is 6. The van der Waals surface area contributed by atoms with E-state index in [4.69, 9.17) is 24.5 Å². The average Bonchev–Trinajstić information content (AvgIpc) is 2.78. The van der Waals surface area contributed by atoms with E-state index in [1.807, 2.05) is 0 Å². The molecule has 2 aliphatic rings. The molecule has 0 aliphatic carbocycles. The summed E-state index contributed by atoms with van der Waals surface area (Å²) >= 11 is 0. The molecular formula is C18H31N5O10. The molecule has 15 nitrogen and oxygen atoms in total. The number of ether oxygens (including phenoxy) is 4. The van der Waals surface area contributed by atoms with Gasteiger partial charge >= 0.3 is 0 Å². The lowest BCUT2D eigenvalue weighted by molar-refractivity contribution is -0.325. The van der Waals surface area contributed by atoms with Crippen LogP contribution in [0.2, 0.25) is 0 Å². The van der Waals surface area contributed by atoms with Gasteiger partial charge in [0.15, 0.2) is 12.4 Å². The van der Waals surface area contributed by atoms with Gasteiger partial charge in [-0.15, -0.1) is 0 Å². The van der Waals surface area contributed by atoms with Crippen molar-refractivity contribution in [3.63, 3.8) is 0 Å². The van der Waals surface area contributed by atoms with Crippen LogP contribution in [0.1, 0.15) is 13.8 Å². The highest BCUT2D eigenvalue weighted by molar-refractivity contribution is 5.81. The van der Waals surface area contributed by atoms with Crippen molar-refractivity contribution < 1.29 is 49.0 Å². The Morgan fingerprint density at radius 1 is 1.15 bits per heavy atom. The Hall–Kier alpha value is -2.07. The number of nitrogens with zero attached hydrogens (tertiary/aromatic N) is 3. The molecule has 0 aromatic carbocycles. The number of aliphatic hydroxyl groups is 4. The molecule has 0 bridgehead atoms. The van der Waals surface area contributed by atoms with Gasteiger partial charge in [0.2, 0.25) is 5.91 Å². The maximum Gasteiger partial charge on any atom is 0.252 e. The number of amides is 2. The minimum Gasteiger partial charge on any atom is -0.394 e. The molecule has 0 saturated carbocycles. The zero-order chi connectivity index (χ0) is 24.7. The first-order valence-corrected chi connectivity index (χ1v) is 10.4. The van der Waals surface area contributed by atoms with Crippen molar-refractivity contribution in [3.8, 4) is 0 Å². The van der Waals surface area contributed by atoms with Crippen molar-refractivity contribution in [2.45, 2.75) is 75.0 Å². The van der Waals surface area contributed by atoms with Crippen LogP contribution in [-0.4, -0.2) is 120 Å². The van der Waals surface area contributed by atoms with Crippen molar-refractivity contribution in [2.75, 3.05) is 26.8 Å². The second kappa shape index (κ2) is 12.4. The van der Waals surface area contributed by atoms with Crippen LogP contribution in [0.3, 0.4) is 0 Å². The third kappa shape index (κ3) is 6.50. The summed E-state index contributed by atoms with van der Waals surface area (Å²) < 4.78 is 22.0. The minimum absolute atomic E-state index is 0.0116. The van der Waals surface area contributed by atoms with Gasteiger partial charge in [-0.3, -0.25) is 9.59 Å². The Kier molecular flexibility index (Phi) is 10.2. The Labute approximate surface area is 189 Å². The fraction of sp³-hybridized carbons (Fsp3) is 0.889. The molecule has 4 unspecified atom stereocenters. The fourth-order valence-electron chi connectivity index (χ4n) is 3.84. The summed E-state index contributed by atoms with van der Waals surface area (Å²) in [7, 11) is 1.22. The summed E-state index contributed by atoms with van der Waals surface area (Å²) in [6, 6.07) is -0.899. The largest absolute Gasteiger partial charge is 0.394 e. The zero-order valence-electron chi connectivity index (χ0n) is 18.5. The average molecular weight is 477 g/mol. The quantitative estimate of drug-likeness (QED) is 0.0848. The SMILES string of the molecule is CO[C@@H]1C(C(=O)NCCN=[N+]=[N-])O[C@@H](OC2[C@H](O)C(CO)O[C@@H](C)[C@H]2NC(C)=O)[C@@H](O)C1O. The van der Waals surface area contributed by atoms with E-state index in [1.165, 1.54) is 14.0 Å². The first-order valence-electron chi connectivity index (χ1n) is 10.4. The first-order chi connectivity index (χ1) is 15.7. The topological polar surface area (TPSA) is 225 Å². The summed E-state index contributed by atoms with van der Waals surface area (Å²) in [4.78, 5) is 26.8. The maximum absolute atomic E-state index is 12.6. The maximum atomic E-state index is 12.6. The highest BCUT2D eigenvalue weighted by Gasteiger charge is 2.52. The number of hydrogen-bond acceptors (Lipinski definition) is 11. The van der Waals surface area contributed by atoms with Crippen LogP contribution in [0.25, 0.3) is 10.4 Å². The van der Waals surface area contributed by atoms with Crippen molar-refractivity contribution >= 4 is 11.8 Å². The molecule has 15 heteroatoms. The Morgan fingerprint density at radius 3 is 2.42 bits per heavy atom. The monoisotopic (exact) mass is 477 g/mol.